The Hall–Kier alpha value is -0.710. The zero-order chi connectivity index (χ0) is 18.9. The summed E-state index contributed by atoms with van der Waals surface area (Å²) in [6.07, 6.45) is 19.3. The first-order chi connectivity index (χ1) is 13.3. The zero-order valence-corrected chi connectivity index (χ0v) is 16.8. The molecule has 3 aliphatic rings. The molecule has 3 fully saturated rings. The van der Waals surface area contributed by atoms with Gasteiger partial charge in [-0.1, -0.05) is 44.3 Å². The second-order valence-electron chi connectivity index (χ2n) is 8.78. The third kappa shape index (κ3) is 6.40. The van der Waals surface area contributed by atoms with Crippen LogP contribution in [0.5, 0.6) is 0 Å². The van der Waals surface area contributed by atoms with Crippen LogP contribution < -0.4 is 0 Å². The quantitative estimate of drug-likeness (QED) is 0.403. The predicted molar refractivity (Wildman–Crippen MR) is 107 cm³/mol. The van der Waals surface area contributed by atoms with Crippen LogP contribution in [-0.2, 0) is 14.3 Å². The molecule has 0 aromatic heterocycles. The van der Waals surface area contributed by atoms with E-state index in [9.17, 15) is 4.79 Å². The van der Waals surface area contributed by atoms with Gasteiger partial charge in [-0.2, -0.15) is 0 Å². The number of allylic oxidation sites excluding steroid dienone is 2. The smallest absolute Gasteiger partial charge is 0.158 e. The molecule has 0 unspecified atom stereocenters. The van der Waals surface area contributed by atoms with Gasteiger partial charge in [0.1, 0.15) is 6.61 Å². The molecule has 2 aliphatic heterocycles. The number of hydrogen-bond donors (Lipinski definition) is 1. The third-order valence-corrected chi connectivity index (χ3v) is 6.87. The van der Waals surface area contributed by atoms with E-state index in [1.165, 1.54) is 51.4 Å². The molecule has 0 aromatic carbocycles. The van der Waals surface area contributed by atoms with Gasteiger partial charge >= 0.3 is 0 Å². The number of aliphatic hydroxyl groups excluding tert-OH is 1. The summed E-state index contributed by atoms with van der Waals surface area (Å²) in [6.45, 7) is 1.45. The minimum atomic E-state index is -0.325. The van der Waals surface area contributed by atoms with E-state index < -0.39 is 0 Å². The van der Waals surface area contributed by atoms with Crippen LogP contribution in [0.25, 0.3) is 0 Å². The molecule has 0 spiro atoms. The van der Waals surface area contributed by atoms with E-state index in [0.717, 1.165) is 38.4 Å². The van der Waals surface area contributed by atoms with E-state index in [1.54, 1.807) is 0 Å². The van der Waals surface area contributed by atoms with Crippen molar-refractivity contribution >= 4 is 5.78 Å². The van der Waals surface area contributed by atoms with Crippen LogP contribution in [0.4, 0.5) is 0 Å². The molecule has 2 saturated heterocycles. The van der Waals surface area contributed by atoms with Crippen molar-refractivity contribution in [1.82, 2.24) is 0 Å². The molecule has 4 atom stereocenters. The van der Waals surface area contributed by atoms with E-state index in [4.69, 9.17) is 14.6 Å². The number of carbonyl (C=O) groups excluding carboxylic acids is 1. The monoisotopic (exact) mass is 378 g/mol. The van der Waals surface area contributed by atoms with Crippen LogP contribution in [0.1, 0.15) is 77.0 Å². The second kappa shape index (κ2) is 11.3. The van der Waals surface area contributed by atoms with E-state index in [2.05, 4.69) is 12.2 Å². The lowest BCUT2D eigenvalue weighted by Gasteiger charge is -2.27. The molecule has 1 saturated carbocycles. The van der Waals surface area contributed by atoms with Gasteiger partial charge in [0.25, 0.3) is 0 Å². The molecule has 4 nitrogen and oxygen atoms in total. The van der Waals surface area contributed by atoms with Crippen molar-refractivity contribution in [3.05, 3.63) is 12.2 Å². The molecule has 1 aliphatic carbocycles. The summed E-state index contributed by atoms with van der Waals surface area (Å²) in [4.78, 5) is 11.1. The first-order valence-electron chi connectivity index (χ1n) is 11.3. The average molecular weight is 379 g/mol. The van der Waals surface area contributed by atoms with Gasteiger partial charge in [0.05, 0.1) is 18.8 Å². The van der Waals surface area contributed by atoms with Crippen LogP contribution in [0.15, 0.2) is 12.2 Å². The Labute approximate surface area is 164 Å². The Morgan fingerprint density at radius 2 is 1.81 bits per heavy atom. The van der Waals surface area contributed by atoms with E-state index in [-0.39, 0.29) is 12.4 Å². The average Bonchev–Trinajstić information content (AvgIpc) is 3.30. The Bertz CT molecular complexity index is 469. The van der Waals surface area contributed by atoms with Gasteiger partial charge in [0, 0.05) is 18.9 Å². The van der Waals surface area contributed by atoms with Gasteiger partial charge in [-0.15, -0.1) is 0 Å². The summed E-state index contributed by atoms with van der Waals surface area (Å²) in [7, 11) is 0. The summed E-state index contributed by atoms with van der Waals surface area (Å²) < 4.78 is 12.3. The summed E-state index contributed by atoms with van der Waals surface area (Å²) >= 11 is 0. The van der Waals surface area contributed by atoms with E-state index in [0.29, 0.717) is 30.5 Å². The number of ketones is 1. The van der Waals surface area contributed by atoms with Crippen molar-refractivity contribution in [2.24, 2.45) is 17.8 Å². The first-order valence-corrected chi connectivity index (χ1v) is 11.3. The molecule has 3 rings (SSSR count). The van der Waals surface area contributed by atoms with Crippen LogP contribution in [0.3, 0.4) is 0 Å². The van der Waals surface area contributed by atoms with Crippen molar-refractivity contribution in [3.63, 3.8) is 0 Å². The van der Waals surface area contributed by atoms with Crippen molar-refractivity contribution in [1.29, 1.82) is 0 Å². The summed E-state index contributed by atoms with van der Waals surface area (Å²) in [5.41, 5.74) is 0. The maximum atomic E-state index is 11.1. The van der Waals surface area contributed by atoms with Gasteiger partial charge in [0.15, 0.2) is 5.78 Å². The molecule has 2 heterocycles. The maximum absolute atomic E-state index is 11.1. The molecule has 27 heavy (non-hydrogen) atoms. The Morgan fingerprint density at radius 1 is 1.04 bits per heavy atom. The molecular weight excluding hydrogens is 340 g/mol. The largest absolute Gasteiger partial charge is 0.389 e. The molecule has 0 amide bonds. The predicted octanol–water partition coefficient (Wildman–Crippen LogP) is 4.45. The molecule has 154 valence electrons. The minimum Gasteiger partial charge on any atom is -0.389 e. The number of aliphatic hydroxyl groups is 1. The Morgan fingerprint density at radius 3 is 2.59 bits per heavy atom. The van der Waals surface area contributed by atoms with Gasteiger partial charge in [-0.3, -0.25) is 4.79 Å². The van der Waals surface area contributed by atoms with Gasteiger partial charge in [0.2, 0.25) is 0 Å². The van der Waals surface area contributed by atoms with Crippen molar-refractivity contribution < 1.29 is 19.4 Å². The number of hydrogen-bond acceptors (Lipinski definition) is 4. The van der Waals surface area contributed by atoms with Gasteiger partial charge in [-0.05, 0) is 50.4 Å². The fraction of sp³-hybridized carbons (Fsp3) is 0.870. The Kier molecular flexibility index (Phi) is 8.82. The van der Waals surface area contributed by atoms with Crippen LogP contribution in [0.2, 0.25) is 0 Å². The zero-order valence-electron chi connectivity index (χ0n) is 16.8. The van der Waals surface area contributed by atoms with E-state index >= 15 is 0 Å². The highest BCUT2D eigenvalue weighted by Crippen LogP contribution is 2.45. The third-order valence-electron chi connectivity index (χ3n) is 6.87. The summed E-state index contributed by atoms with van der Waals surface area (Å²) in [5, 5.41) is 8.74. The minimum absolute atomic E-state index is 0.0599. The highest BCUT2D eigenvalue weighted by Gasteiger charge is 2.48. The highest BCUT2D eigenvalue weighted by molar-refractivity contribution is 5.79. The van der Waals surface area contributed by atoms with Gasteiger partial charge in [-0.25, -0.2) is 0 Å². The normalized spacial score (nSPS) is 31.1. The number of Topliss-reactive ketones (excluding diaryl/α,β-unsaturated/α-hetero) is 1. The number of ether oxygens (including phenoxy) is 2. The van der Waals surface area contributed by atoms with Crippen molar-refractivity contribution in [2.45, 2.75) is 89.3 Å². The molecule has 4 heteroatoms. The summed E-state index contributed by atoms with van der Waals surface area (Å²) in [6, 6.07) is 0. The first kappa shape index (κ1) is 21.0. The standard InChI is InChI=1S/C23H38O4/c24-16-19(25)10-6-1-2-7-11-20-21(23-13-12-22(20)27-23)17-26-15-14-18-8-4-3-5-9-18/h2,7,18,20-24H,1,3-6,8-17H2/t20-,21+,22-,23+/m1/s1. The van der Waals surface area contributed by atoms with Gasteiger partial charge < -0.3 is 14.6 Å². The molecule has 1 N–H and O–H groups in total. The topological polar surface area (TPSA) is 55.8 Å². The molecular formula is C23H38O4. The second-order valence-corrected chi connectivity index (χ2v) is 8.78. The maximum Gasteiger partial charge on any atom is 0.158 e. The van der Waals surface area contributed by atoms with Crippen LogP contribution in [-0.4, -0.2) is 42.9 Å². The fourth-order valence-electron chi connectivity index (χ4n) is 5.24. The highest BCUT2D eigenvalue weighted by atomic mass is 16.5. The summed E-state index contributed by atoms with van der Waals surface area (Å²) in [5.74, 6) is 1.98. The Balaban J connectivity index is 1.33. The van der Waals surface area contributed by atoms with Crippen LogP contribution in [0, 0.1) is 17.8 Å². The van der Waals surface area contributed by atoms with E-state index in [1.807, 2.05) is 0 Å². The number of carbonyl (C=O) groups is 1. The molecule has 0 aromatic rings. The lowest BCUT2D eigenvalue weighted by Crippen LogP contribution is -2.30. The molecule has 2 bridgehead atoms. The number of unbranched alkanes of at least 4 members (excludes halogenated alkanes) is 1. The van der Waals surface area contributed by atoms with Crippen LogP contribution >= 0.6 is 0 Å². The number of fused-ring (bicyclic) bond motifs is 2. The van der Waals surface area contributed by atoms with Crippen molar-refractivity contribution in [3.8, 4) is 0 Å². The lowest BCUT2D eigenvalue weighted by molar-refractivity contribution is -0.121. The SMILES string of the molecule is O=C(CO)CCCC=CC[C@@H]1[C@H](COCCC2CCCCC2)[C@@H]2CC[C@H]1O2. The fourth-order valence-corrected chi connectivity index (χ4v) is 5.24. The molecule has 0 radical (unpaired) electrons. The van der Waals surface area contributed by atoms with Crippen molar-refractivity contribution in [2.75, 3.05) is 19.8 Å². The number of rotatable bonds is 12. The lowest BCUT2D eigenvalue weighted by atomic mass is 9.78.